The Balaban J connectivity index is 2.10. The summed E-state index contributed by atoms with van der Waals surface area (Å²) in [5.74, 6) is -0.0284. The molecule has 1 aromatic heterocycles. The second-order valence-electron chi connectivity index (χ2n) is 4.30. The normalized spacial score (nSPS) is 11.3. The molecule has 0 aliphatic heterocycles. The number of carbonyl (C=O) groups excluding carboxylic acids is 1. The van der Waals surface area contributed by atoms with Crippen LogP contribution in [0.15, 0.2) is 35.6 Å². The van der Waals surface area contributed by atoms with Gasteiger partial charge in [-0.2, -0.15) is 5.10 Å². The molecule has 0 unspecified atom stereocenters. The van der Waals surface area contributed by atoms with E-state index < -0.39 is 0 Å². The fraction of sp³-hybridized carbons (Fsp3) is 0.154. The number of anilines is 1. The zero-order valence-electron chi connectivity index (χ0n) is 10.9. The minimum atomic E-state index is -0.212. The molecular formula is C13H15N5O2. The van der Waals surface area contributed by atoms with Gasteiger partial charge in [0.15, 0.2) is 5.84 Å². The lowest BCUT2D eigenvalue weighted by Crippen LogP contribution is -2.19. The average molecular weight is 273 g/mol. The van der Waals surface area contributed by atoms with Gasteiger partial charge in [0, 0.05) is 0 Å². The lowest BCUT2D eigenvalue weighted by Gasteiger charge is -2.07. The van der Waals surface area contributed by atoms with Gasteiger partial charge in [-0.15, -0.1) is 0 Å². The first kappa shape index (κ1) is 13.6. The molecule has 7 nitrogen and oxygen atoms in total. The molecule has 1 amide bonds. The number of aromatic nitrogens is 2. The molecule has 2 aromatic rings. The molecule has 2 rings (SSSR count). The van der Waals surface area contributed by atoms with Crippen LogP contribution in [0.3, 0.4) is 0 Å². The lowest BCUT2D eigenvalue weighted by molar-refractivity contribution is -0.115. The summed E-state index contributed by atoms with van der Waals surface area (Å²) >= 11 is 0. The van der Waals surface area contributed by atoms with E-state index in [1.807, 2.05) is 31.2 Å². The molecule has 0 fully saturated rings. The van der Waals surface area contributed by atoms with Gasteiger partial charge in [0.25, 0.3) is 0 Å². The highest BCUT2D eigenvalue weighted by molar-refractivity contribution is 6.04. The number of hydrogen-bond donors (Lipinski definition) is 4. The van der Waals surface area contributed by atoms with Crippen LogP contribution >= 0.6 is 0 Å². The van der Waals surface area contributed by atoms with Crippen molar-refractivity contribution >= 4 is 17.6 Å². The second kappa shape index (κ2) is 5.87. The van der Waals surface area contributed by atoms with Gasteiger partial charge in [0.05, 0.1) is 18.2 Å². The topological polar surface area (TPSA) is 116 Å². The van der Waals surface area contributed by atoms with Gasteiger partial charge in [-0.25, -0.2) is 0 Å². The van der Waals surface area contributed by atoms with Crippen LogP contribution in [0.1, 0.15) is 16.7 Å². The Morgan fingerprint density at radius 2 is 2.25 bits per heavy atom. The number of amidine groups is 1. The first-order chi connectivity index (χ1) is 9.61. The van der Waals surface area contributed by atoms with Crippen molar-refractivity contribution in [2.75, 3.05) is 5.32 Å². The Kier molecular flexibility index (Phi) is 3.99. The maximum Gasteiger partial charge on any atom is 0.229 e. The van der Waals surface area contributed by atoms with Crippen molar-refractivity contribution in [2.45, 2.75) is 13.3 Å². The van der Waals surface area contributed by atoms with E-state index >= 15 is 0 Å². The first-order valence-electron chi connectivity index (χ1n) is 5.97. The average Bonchev–Trinajstić information content (AvgIpc) is 2.88. The SMILES string of the molecule is Cc1ccccc1CC(=O)Nc1[nH]ncc1C(N)=NO. The molecule has 0 bridgehead atoms. The maximum absolute atomic E-state index is 12.0. The predicted molar refractivity (Wildman–Crippen MR) is 74.6 cm³/mol. The number of benzene rings is 1. The van der Waals surface area contributed by atoms with E-state index in [2.05, 4.69) is 20.7 Å². The molecule has 0 aliphatic carbocycles. The molecule has 1 heterocycles. The standard InChI is InChI=1S/C13H15N5O2/c1-8-4-2-3-5-9(8)6-11(19)16-13-10(7-15-17-13)12(14)18-20/h2-5,7,20H,6H2,1H3,(H2,14,18)(H2,15,16,17,19). The molecule has 20 heavy (non-hydrogen) atoms. The number of rotatable bonds is 4. The smallest absolute Gasteiger partial charge is 0.229 e. The van der Waals surface area contributed by atoms with Crippen LogP contribution in [0.25, 0.3) is 0 Å². The van der Waals surface area contributed by atoms with Crippen LogP contribution in [0.5, 0.6) is 0 Å². The van der Waals surface area contributed by atoms with Crippen molar-refractivity contribution < 1.29 is 10.0 Å². The number of carbonyl (C=O) groups is 1. The molecule has 0 saturated heterocycles. The summed E-state index contributed by atoms with van der Waals surface area (Å²) in [6.45, 7) is 1.95. The fourth-order valence-electron chi connectivity index (χ4n) is 1.79. The minimum absolute atomic E-state index is 0.120. The highest BCUT2D eigenvalue weighted by atomic mass is 16.4. The largest absolute Gasteiger partial charge is 0.409 e. The zero-order valence-corrected chi connectivity index (χ0v) is 10.9. The lowest BCUT2D eigenvalue weighted by atomic mass is 10.1. The van der Waals surface area contributed by atoms with Gasteiger partial charge in [-0.1, -0.05) is 29.4 Å². The van der Waals surface area contributed by atoms with Gasteiger partial charge in [-0.05, 0) is 18.1 Å². The predicted octanol–water partition coefficient (Wildman–Crippen LogP) is 0.994. The summed E-state index contributed by atoms with van der Waals surface area (Å²) in [7, 11) is 0. The number of nitrogens with zero attached hydrogens (tertiary/aromatic N) is 2. The van der Waals surface area contributed by atoms with E-state index in [-0.39, 0.29) is 18.2 Å². The van der Waals surface area contributed by atoms with Crippen LogP contribution in [-0.2, 0) is 11.2 Å². The summed E-state index contributed by atoms with van der Waals surface area (Å²) in [5.41, 5.74) is 7.80. The number of H-pyrrole nitrogens is 1. The summed E-state index contributed by atoms with van der Waals surface area (Å²) in [6.07, 6.45) is 1.61. The molecule has 0 atom stereocenters. The van der Waals surface area contributed by atoms with Gasteiger partial charge < -0.3 is 16.3 Å². The highest BCUT2D eigenvalue weighted by Gasteiger charge is 2.13. The molecule has 0 aliphatic rings. The van der Waals surface area contributed by atoms with Crippen molar-refractivity contribution in [3.8, 4) is 0 Å². The summed E-state index contributed by atoms with van der Waals surface area (Å²) < 4.78 is 0. The summed E-state index contributed by atoms with van der Waals surface area (Å²) in [5, 5.41) is 20.5. The van der Waals surface area contributed by atoms with Crippen molar-refractivity contribution in [1.29, 1.82) is 0 Å². The summed E-state index contributed by atoms with van der Waals surface area (Å²) in [4.78, 5) is 12.0. The number of nitrogens with one attached hydrogen (secondary N) is 2. The number of hydrogen-bond acceptors (Lipinski definition) is 4. The van der Waals surface area contributed by atoms with E-state index in [1.165, 1.54) is 6.20 Å². The zero-order chi connectivity index (χ0) is 14.5. The third-order valence-electron chi connectivity index (χ3n) is 2.90. The van der Waals surface area contributed by atoms with Crippen molar-refractivity contribution in [1.82, 2.24) is 10.2 Å². The number of oxime groups is 1. The fourth-order valence-corrected chi connectivity index (χ4v) is 1.79. The third-order valence-corrected chi connectivity index (χ3v) is 2.90. The summed E-state index contributed by atoms with van der Waals surface area (Å²) in [6, 6.07) is 7.64. The van der Waals surface area contributed by atoms with E-state index in [1.54, 1.807) is 0 Å². The van der Waals surface area contributed by atoms with Crippen molar-refractivity contribution in [3.05, 3.63) is 47.2 Å². The van der Waals surface area contributed by atoms with Crippen LogP contribution in [-0.4, -0.2) is 27.1 Å². The molecule has 7 heteroatoms. The molecule has 0 spiro atoms. The molecule has 0 radical (unpaired) electrons. The quantitative estimate of drug-likeness (QED) is 0.288. The Morgan fingerprint density at radius 1 is 1.50 bits per heavy atom. The molecule has 1 aromatic carbocycles. The Labute approximate surface area is 115 Å². The second-order valence-corrected chi connectivity index (χ2v) is 4.30. The van der Waals surface area contributed by atoms with E-state index in [4.69, 9.17) is 10.9 Å². The Morgan fingerprint density at radius 3 is 2.95 bits per heavy atom. The molecular weight excluding hydrogens is 258 g/mol. The van der Waals surface area contributed by atoms with Gasteiger partial charge in [-0.3, -0.25) is 9.89 Å². The monoisotopic (exact) mass is 273 g/mol. The molecule has 104 valence electrons. The van der Waals surface area contributed by atoms with Gasteiger partial charge >= 0.3 is 0 Å². The van der Waals surface area contributed by atoms with E-state index in [0.29, 0.717) is 11.4 Å². The van der Waals surface area contributed by atoms with Crippen molar-refractivity contribution in [2.24, 2.45) is 10.9 Å². The van der Waals surface area contributed by atoms with Crippen LogP contribution < -0.4 is 11.1 Å². The first-order valence-corrected chi connectivity index (χ1v) is 5.97. The Hall–Kier alpha value is -2.83. The van der Waals surface area contributed by atoms with E-state index in [9.17, 15) is 4.79 Å². The van der Waals surface area contributed by atoms with E-state index in [0.717, 1.165) is 11.1 Å². The maximum atomic E-state index is 12.0. The third kappa shape index (κ3) is 2.94. The highest BCUT2D eigenvalue weighted by Crippen LogP contribution is 2.12. The van der Waals surface area contributed by atoms with Crippen LogP contribution in [0.4, 0.5) is 5.82 Å². The van der Waals surface area contributed by atoms with Gasteiger partial charge in [0.2, 0.25) is 5.91 Å². The number of nitrogens with two attached hydrogens (primary N) is 1. The van der Waals surface area contributed by atoms with Gasteiger partial charge in [0.1, 0.15) is 5.82 Å². The minimum Gasteiger partial charge on any atom is -0.409 e. The number of aryl methyl sites for hydroxylation is 1. The Bertz CT molecular complexity index is 648. The number of aromatic amines is 1. The molecule has 5 N–H and O–H groups in total. The van der Waals surface area contributed by atoms with Crippen molar-refractivity contribution in [3.63, 3.8) is 0 Å². The molecule has 0 saturated carbocycles. The number of amides is 1. The van der Waals surface area contributed by atoms with Crippen LogP contribution in [0, 0.1) is 6.92 Å². The van der Waals surface area contributed by atoms with Crippen LogP contribution in [0.2, 0.25) is 0 Å².